The van der Waals surface area contributed by atoms with Gasteiger partial charge >= 0.3 is 5.91 Å². The SMILES string of the molecule is C=CCOc1ccc(C2/C(=C(\O)c3c(C)[nH]c(C)c3C)C(=O)C(=O)N2c2cc(C)on2)cc1. The standard InChI is InChI=1S/C25H25N3O5/c1-6-11-32-18-9-7-17(8-10-18)22-21(23(29)20-14(3)15(4)26-16(20)5)24(30)25(31)28(22)19-12-13(2)33-27-19/h6-10,12,22,26,29H,1,11H2,2-5H3/b23-21+. The fourth-order valence-corrected chi connectivity index (χ4v) is 4.15. The number of ether oxygens (including phenoxy) is 1. The third-order valence-corrected chi connectivity index (χ3v) is 5.79. The molecule has 8 heteroatoms. The van der Waals surface area contributed by atoms with E-state index >= 15 is 0 Å². The summed E-state index contributed by atoms with van der Waals surface area (Å²) >= 11 is 0. The van der Waals surface area contributed by atoms with Crippen molar-refractivity contribution < 1.29 is 24.0 Å². The van der Waals surface area contributed by atoms with Crippen LogP contribution in [0.3, 0.4) is 0 Å². The van der Waals surface area contributed by atoms with Gasteiger partial charge in [0.1, 0.15) is 23.9 Å². The number of hydrogen-bond donors (Lipinski definition) is 2. The molecule has 1 fully saturated rings. The van der Waals surface area contributed by atoms with E-state index in [1.54, 1.807) is 43.3 Å². The Hall–Kier alpha value is -4.07. The topological polar surface area (TPSA) is 109 Å². The smallest absolute Gasteiger partial charge is 0.301 e. The maximum Gasteiger partial charge on any atom is 0.301 e. The van der Waals surface area contributed by atoms with Crippen molar-refractivity contribution in [2.45, 2.75) is 33.7 Å². The van der Waals surface area contributed by atoms with Gasteiger partial charge in [0, 0.05) is 23.0 Å². The molecule has 33 heavy (non-hydrogen) atoms. The number of hydrogen-bond acceptors (Lipinski definition) is 6. The number of ketones is 1. The van der Waals surface area contributed by atoms with Gasteiger partial charge in [-0.25, -0.2) is 0 Å². The van der Waals surface area contributed by atoms with E-state index in [-0.39, 0.29) is 17.2 Å². The van der Waals surface area contributed by atoms with Crippen molar-refractivity contribution in [3.63, 3.8) is 0 Å². The average molecular weight is 447 g/mol. The average Bonchev–Trinajstić information content (AvgIpc) is 3.41. The molecule has 1 saturated heterocycles. The number of aliphatic hydroxyl groups excluding tert-OH is 1. The number of aliphatic hydroxyl groups is 1. The van der Waals surface area contributed by atoms with E-state index in [1.807, 2.05) is 20.8 Å². The molecule has 0 aliphatic carbocycles. The van der Waals surface area contributed by atoms with Crippen molar-refractivity contribution in [3.8, 4) is 5.75 Å². The molecule has 1 amide bonds. The summed E-state index contributed by atoms with van der Waals surface area (Å²) in [6.07, 6.45) is 1.64. The molecule has 0 bridgehead atoms. The summed E-state index contributed by atoms with van der Waals surface area (Å²) in [5.74, 6) is -0.503. The van der Waals surface area contributed by atoms with Crippen molar-refractivity contribution in [1.82, 2.24) is 10.1 Å². The molecule has 0 saturated carbocycles. The van der Waals surface area contributed by atoms with Crippen LogP contribution in [0, 0.1) is 27.7 Å². The van der Waals surface area contributed by atoms with Crippen LogP contribution in [0.1, 0.15) is 39.9 Å². The molecule has 1 atom stereocenters. The second-order valence-corrected chi connectivity index (χ2v) is 8.01. The van der Waals surface area contributed by atoms with Gasteiger partial charge in [-0.2, -0.15) is 0 Å². The number of anilines is 1. The molecule has 3 heterocycles. The van der Waals surface area contributed by atoms with Crippen LogP contribution in [0.4, 0.5) is 5.82 Å². The third-order valence-electron chi connectivity index (χ3n) is 5.79. The largest absolute Gasteiger partial charge is 0.507 e. The lowest BCUT2D eigenvalue weighted by molar-refractivity contribution is -0.132. The predicted octanol–water partition coefficient (Wildman–Crippen LogP) is 4.43. The summed E-state index contributed by atoms with van der Waals surface area (Å²) in [5, 5.41) is 15.3. The number of nitrogens with zero attached hydrogens (tertiary/aromatic N) is 2. The fraction of sp³-hybridized carbons (Fsp3) is 0.240. The first-order valence-electron chi connectivity index (χ1n) is 10.5. The first kappa shape index (κ1) is 22.1. The molecule has 2 N–H and O–H groups in total. The number of aromatic nitrogens is 2. The lowest BCUT2D eigenvalue weighted by Crippen LogP contribution is -2.29. The summed E-state index contributed by atoms with van der Waals surface area (Å²) in [5.41, 5.74) is 3.50. The van der Waals surface area contributed by atoms with Crippen LogP contribution in [0.25, 0.3) is 5.76 Å². The highest BCUT2D eigenvalue weighted by molar-refractivity contribution is 6.51. The highest BCUT2D eigenvalue weighted by Gasteiger charge is 2.48. The van der Waals surface area contributed by atoms with E-state index in [0.29, 0.717) is 34.9 Å². The number of aryl methyl sites for hydroxylation is 3. The summed E-state index contributed by atoms with van der Waals surface area (Å²) < 4.78 is 10.7. The van der Waals surface area contributed by atoms with Crippen LogP contribution in [-0.2, 0) is 9.59 Å². The van der Waals surface area contributed by atoms with Gasteiger partial charge in [-0.05, 0) is 51.0 Å². The number of aromatic amines is 1. The molecule has 1 unspecified atom stereocenters. The summed E-state index contributed by atoms with van der Waals surface area (Å²) in [7, 11) is 0. The molecule has 0 radical (unpaired) electrons. The summed E-state index contributed by atoms with van der Waals surface area (Å²) in [4.78, 5) is 30.8. The first-order chi connectivity index (χ1) is 15.7. The van der Waals surface area contributed by atoms with Crippen LogP contribution in [0.2, 0.25) is 0 Å². The zero-order valence-corrected chi connectivity index (χ0v) is 18.9. The summed E-state index contributed by atoms with van der Waals surface area (Å²) in [6.45, 7) is 11.2. The van der Waals surface area contributed by atoms with Crippen molar-refractivity contribution in [1.29, 1.82) is 0 Å². The lowest BCUT2D eigenvalue weighted by Gasteiger charge is -2.23. The van der Waals surface area contributed by atoms with Crippen LogP contribution >= 0.6 is 0 Å². The second-order valence-electron chi connectivity index (χ2n) is 8.01. The quantitative estimate of drug-likeness (QED) is 0.250. The van der Waals surface area contributed by atoms with Crippen molar-refractivity contribution in [2.75, 3.05) is 11.5 Å². The van der Waals surface area contributed by atoms with Gasteiger partial charge in [-0.15, -0.1) is 0 Å². The number of Topliss-reactive ketones (excluding diaryl/α,β-unsaturated/α-hetero) is 1. The third kappa shape index (κ3) is 3.73. The number of carbonyl (C=O) groups excluding carboxylic acids is 2. The van der Waals surface area contributed by atoms with Crippen molar-refractivity contribution in [2.24, 2.45) is 0 Å². The van der Waals surface area contributed by atoms with Crippen LogP contribution in [-0.4, -0.2) is 33.5 Å². The Bertz CT molecular complexity index is 1280. The zero-order chi connectivity index (χ0) is 23.9. The van der Waals surface area contributed by atoms with Gasteiger partial charge in [0.15, 0.2) is 5.82 Å². The molecule has 1 aliphatic heterocycles. The Balaban J connectivity index is 1.91. The number of nitrogens with one attached hydrogen (secondary N) is 1. The Labute approximate surface area is 191 Å². The predicted molar refractivity (Wildman–Crippen MR) is 123 cm³/mol. The highest BCUT2D eigenvalue weighted by atomic mass is 16.5. The van der Waals surface area contributed by atoms with Gasteiger partial charge in [-0.1, -0.05) is 29.9 Å². The fourth-order valence-electron chi connectivity index (χ4n) is 4.15. The van der Waals surface area contributed by atoms with Gasteiger partial charge < -0.3 is 19.4 Å². The van der Waals surface area contributed by atoms with Crippen molar-refractivity contribution in [3.05, 3.63) is 82.4 Å². The van der Waals surface area contributed by atoms with Crippen LogP contribution < -0.4 is 9.64 Å². The van der Waals surface area contributed by atoms with E-state index < -0.39 is 17.7 Å². The normalized spacial score (nSPS) is 17.6. The van der Waals surface area contributed by atoms with Crippen LogP contribution in [0.5, 0.6) is 5.75 Å². The monoisotopic (exact) mass is 447 g/mol. The molecule has 4 rings (SSSR count). The van der Waals surface area contributed by atoms with E-state index in [9.17, 15) is 14.7 Å². The van der Waals surface area contributed by atoms with Crippen LogP contribution in [0.15, 0.2) is 53.1 Å². The number of amides is 1. The number of rotatable bonds is 6. The molecular formula is C25H25N3O5. The second kappa shape index (κ2) is 8.46. The minimum absolute atomic E-state index is 0.00869. The molecular weight excluding hydrogens is 422 g/mol. The van der Waals surface area contributed by atoms with Gasteiger partial charge in [0.25, 0.3) is 5.78 Å². The first-order valence-corrected chi connectivity index (χ1v) is 10.5. The minimum atomic E-state index is -0.892. The number of carbonyl (C=O) groups is 2. The Kier molecular flexibility index (Phi) is 5.68. The maximum absolute atomic E-state index is 13.2. The van der Waals surface area contributed by atoms with E-state index in [0.717, 1.165) is 11.3 Å². The lowest BCUT2D eigenvalue weighted by atomic mass is 9.94. The van der Waals surface area contributed by atoms with E-state index in [2.05, 4.69) is 16.7 Å². The maximum atomic E-state index is 13.2. The minimum Gasteiger partial charge on any atom is -0.507 e. The molecule has 2 aromatic heterocycles. The molecule has 3 aromatic rings. The summed E-state index contributed by atoms with van der Waals surface area (Å²) in [6, 6.07) is 7.68. The Morgan fingerprint density at radius 2 is 1.91 bits per heavy atom. The highest BCUT2D eigenvalue weighted by Crippen LogP contribution is 2.43. The molecule has 0 spiro atoms. The van der Waals surface area contributed by atoms with Gasteiger partial charge in [0.05, 0.1) is 11.6 Å². The Morgan fingerprint density at radius 3 is 2.45 bits per heavy atom. The molecule has 1 aliphatic rings. The number of benzene rings is 1. The zero-order valence-electron chi connectivity index (χ0n) is 18.9. The van der Waals surface area contributed by atoms with Crippen molar-refractivity contribution >= 4 is 23.3 Å². The molecule has 170 valence electrons. The van der Waals surface area contributed by atoms with Gasteiger partial charge in [0.2, 0.25) is 0 Å². The molecule has 1 aromatic carbocycles. The van der Waals surface area contributed by atoms with E-state index in [4.69, 9.17) is 9.26 Å². The number of H-pyrrole nitrogens is 1. The Morgan fingerprint density at radius 1 is 1.21 bits per heavy atom. The molecule has 8 nitrogen and oxygen atoms in total. The van der Waals surface area contributed by atoms with E-state index in [1.165, 1.54) is 4.90 Å². The van der Waals surface area contributed by atoms with Gasteiger partial charge in [-0.3, -0.25) is 14.5 Å².